The van der Waals surface area contributed by atoms with Crippen molar-refractivity contribution in [1.82, 2.24) is 5.32 Å². The molecule has 0 bridgehead atoms. The largest absolute Gasteiger partial charge is 0.458 e. The molecule has 5 heteroatoms. The van der Waals surface area contributed by atoms with Gasteiger partial charge in [-0.25, -0.2) is 4.79 Å². The second-order valence-electron chi connectivity index (χ2n) is 5.83. The van der Waals surface area contributed by atoms with E-state index < -0.39 is 17.6 Å². The SMILES string of the molecule is CC(C)(C)OC(=O)[C@@H](NC(=O)c1cccs1)c1ccccc1. The number of amides is 1. The minimum Gasteiger partial charge on any atom is -0.458 e. The average Bonchev–Trinajstić information content (AvgIpc) is 2.97. The van der Waals surface area contributed by atoms with Crippen LogP contribution < -0.4 is 5.32 Å². The molecule has 0 spiro atoms. The fourth-order valence-corrected chi connectivity index (χ4v) is 2.52. The minimum atomic E-state index is -0.824. The lowest BCUT2D eigenvalue weighted by atomic mass is 10.1. The topological polar surface area (TPSA) is 55.4 Å². The molecule has 0 aliphatic heterocycles. The van der Waals surface area contributed by atoms with Gasteiger partial charge in [-0.2, -0.15) is 0 Å². The number of esters is 1. The molecule has 1 aromatic carbocycles. The van der Waals surface area contributed by atoms with Crippen LogP contribution in [-0.4, -0.2) is 17.5 Å². The van der Waals surface area contributed by atoms with Crippen molar-refractivity contribution in [3.63, 3.8) is 0 Å². The van der Waals surface area contributed by atoms with Gasteiger partial charge < -0.3 is 10.1 Å². The zero-order valence-corrected chi connectivity index (χ0v) is 13.6. The molecule has 116 valence electrons. The van der Waals surface area contributed by atoms with E-state index in [1.807, 2.05) is 23.6 Å². The Morgan fingerprint density at radius 3 is 2.32 bits per heavy atom. The molecule has 1 N–H and O–H groups in total. The van der Waals surface area contributed by atoms with Crippen molar-refractivity contribution in [1.29, 1.82) is 0 Å². The zero-order valence-electron chi connectivity index (χ0n) is 12.8. The molecule has 0 aliphatic rings. The number of rotatable bonds is 4. The van der Waals surface area contributed by atoms with E-state index in [-0.39, 0.29) is 5.91 Å². The normalized spacial score (nSPS) is 12.5. The summed E-state index contributed by atoms with van der Waals surface area (Å²) in [5, 5.41) is 4.57. The summed E-state index contributed by atoms with van der Waals surface area (Å²) in [6.07, 6.45) is 0. The quantitative estimate of drug-likeness (QED) is 0.877. The molecule has 1 aromatic heterocycles. The maximum atomic E-state index is 12.4. The molecule has 0 aliphatic carbocycles. The van der Waals surface area contributed by atoms with E-state index in [1.165, 1.54) is 11.3 Å². The summed E-state index contributed by atoms with van der Waals surface area (Å²) >= 11 is 1.33. The second-order valence-corrected chi connectivity index (χ2v) is 6.78. The number of hydrogen-bond acceptors (Lipinski definition) is 4. The van der Waals surface area contributed by atoms with Crippen molar-refractivity contribution in [2.45, 2.75) is 32.4 Å². The summed E-state index contributed by atoms with van der Waals surface area (Å²) in [6.45, 7) is 5.40. The molecule has 1 amide bonds. The van der Waals surface area contributed by atoms with Crippen molar-refractivity contribution in [3.05, 3.63) is 58.3 Å². The lowest BCUT2D eigenvalue weighted by Gasteiger charge is -2.24. The molecule has 1 heterocycles. The lowest BCUT2D eigenvalue weighted by molar-refractivity contribution is -0.157. The van der Waals surface area contributed by atoms with Gasteiger partial charge in [-0.05, 0) is 37.8 Å². The fraction of sp³-hybridized carbons (Fsp3) is 0.294. The number of ether oxygens (including phenoxy) is 1. The Hall–Kier alpha value is -2.14. The smallest absolute Gasteiger partial charge is 0.333 e. The van der Waals surface area contributed by atoms with Crippen LogP contribution in [0.3, 0.4) is 0 Å². The Balaban J connectivity index is 2.22. The first-order chi connectivity index (χ1) is 10.4. The van der Waals surface area contributed by atoms with Crippen molar-refractivity contribution < 1.29 is 14.3 Å². The third-order valence-corrected chi connectivity index (χ3v) is 3.66. The molecule has 0 radical (unpaired) electrons. The number of carbonyl (C=O) groups is 2. The Morgan fingerprint density at radius 1 is 1.09 bits per heavy atom. The molecule has 2 rings (SSSR count). The van der Waals surface area contributed by atoms with Crippen LogP contribution in [0.2, 0.25) is 0 Å². The highest BCUT2D eigenvalue weighted by Gasteiger charge is 2.28. The summed E-state index contributed by atoms with van der Waals surface area (Å²) in [5.74, 6) is -0.752. The number of hydrogen-bond donors (Lipinski definition) is 1. The minimum absolute atomic E-state index is 0.283. The van der Waals surface area contributed by atoms with Crippen LogP contribution in [0.5, 0.6) is 0 Å². The van der Waals surface area contributed by atoms with E-state index in [9.17, 15) is 9.59 Å². The highest BCUT2D eigenvalue weighted by molar-refractivity contribution is 7.12. The van der Waals surface area contributed by atoms with Crippen LogP contribution in [0, 0.1) is 0 Å². The van der Waals surface area contributed by atoms with Crippen LogP contribution in [0.4, 0.5) is 0 Å². The standard InChI is InChI=1S/C17H19NO3S/c1-17(2,3)21-16(20)14(12-8-5-4-6-9-12)18-15(19)13-10-7-11-22-13/h4-11,14H,1-3H3,(H,18,19)/t14-/m0/s1. The van der Waals surface area contributed by atoms with Gasteiger partial charge in [0.05, 0.1) is 4.88 Å². The molecule has 0 unspecified atom stereocenters. The molecule has 2 aromatic rings. The summed E-state index contributed by atoms with van der Waals surface area (Å²) in [5.41, 5.74) is 0.0827. The Kier molecular flexibility index (Phi) is 4.98. The Morgan fingerprint density at radius 2 is 1.77 bits per heavy atom. The zero-order chi connectivity index (χ0) is 16.2. The monoisotopic (exact) mass is 317 g/mol. The van der Waals surface area contributed by atoms with Crippen molar-refractivity contribution in [2.75, 3.05) is 0 Å². The third-order valence-electron chi connectivity index (χ3n) is 2.80. The molecule has 0 saturated carbocycles. The first-order valence-corrected chi connectivity index (χ1v) is 7.87. The maximum absolute atomic E-state index is 12.4. The Labute approximate surface area is 134 Å². The van der Waals surface area contributed by atoms with Crippen LogP contribution in [0.1, 0.15) is 42.0 Å². The van der Waals surface area contributed by atoms with E-state index in [2.05, 4.69) is 5.32 Å². The molecule has 4 nitrogen and oxygen atoms in total. The van der Waals surface area contributed by atoms with Crippen molar-refractivity contribution in [2.24, 2.45) is 0 Å². The van der Waals surface area contributed by atoms with Gasteiger partial charge >= 0.3 is 5.97 Å². The maximum Gasteiger partial charge on any atom is 0.333 e. The first kappa shape index (κ1) is 16.2. The number of benzene rings is 1. The van der Waals surface area contributed by atoms with E-state index in [0.717, 1.165) is 0 Å². The molecule has 0 fully saturated rings. The fourth-order valence-electron chi connectivity index (χ4n) is 1.89. The average molecular weight is 317 g/mol. The molecular weight excluding hydrogens is 298 g/mol. The number of thiophene rings is 1. The predicted molar refractivity (Wildman–Crippen MR) is 86.8 cm³/mol. The van der Waals surface area contributed by atoms with Gasteiger partial charge in [-0.15, -0.1) is 11.3 Å². The molecular formula is C17H19NO3S. The number of carbonyl (C=O) groups excluding carboxylic acids is 2. The van der Waals surface area contributed by atoms with E-state index in [0.29, 0.717) is 10.4 Å². The summed E-state index contributed by atoms with van der Waals surface area (Å²) in [4.78, 5) is 25.2. The van der Waals surface area contributed by atoms with E-state index in [1.54, 1.807) is 45.0 Å². The van der Waals surface area contributed by atoms with Gasteiger partial charge in [-0.3, -0.25) is 4.79 Å². The van der Waals surface area contributed by atoms with Gasteiger partial charge in [0, 0.05) is 0 Å². The van der Waals surface area contributed by atoms with Crippen molar-refractivity contribution in [3.8, 4) is 0 Å². The summed E-state index contributed by atoms with van der Waals surface area (Å²) in [7, 11) is 0. The highest BCUT2D eigenvalue weighted by atomic mass is 32.1. The van der Waals surface area contributed by atoms with Crippen molar-refractivity contribution >= 4 is 23.2 Å². The van der Waals surface area contributed by atoms with Crippen LogP contribution in [0.15, 0.2) is 47.8 Å². The Bertz CT molecular complexity index is 630. The summed E-state index contributed by atoms with van der Waals surface area (Å²) in [6, 6.07) is 11.8. The third kappa shape index (κ3) is 4.43. The van der Waals surface area contributed by atoms with E-state index in [4.69, 9.17) is 4.74 Å². The highest BCUT2D eigenvalue weighted by Crippen LogP contribution is 2.20. The van der Waals surface area contributed by atoms with Gasteiger partial charge in [0.1, 0.15) is 5.60 Å². The second kappa shape index (κ2) is 6.75. The summed E-state index contributed by atoms with van der Waals surface area (Å²) < 4.78 is 5.42. The molecule has 1 atom stereocenters. The van der Waals surface area contributed by atoms with Gasteiger partial charge in [-0.1, -0.05) is 36.4 Å². The van der Waals surface area contributed by atoms with Gasteiger partial charge in [0.2, 0.25) is 0 Å². The van der Waals surface area contributed by atoms with Crippen LogP contribution in [-0.2, 0) is 9.53 Å². The lowest BCUT2D eigenvalue weighted by Crippen LogP contribution is -2.37. The first-order valence-electron chi connectivity index (χ1n) is 6.99. The molecule has 0 saturated heterocycles. The van der Waals surface area contributed by atoms with Gasteiger partial charge in [0.25, 0.3) is 5.91 Å². The van der Waals surface area contributed by atoms with E-state index >= 15 is 0 Å². The number of nitrogens with one attached hydrogen (secondary N) is 1. The van der Waals surface area contributed by atoms with Crippen LogP contribution in [0.25, 0.3) is 0 Å². The predicted octanol–water partition coefficient (Wildman–Crippen LogP) is 3.56. The van der Waals surface area contributed by atoms with Crippen LogP contribution >= 0.6 is 11.3 Å². The van der Waals surface area contributed by atoms with Gasteiger partial charge in [0.15, 0.2) is 6.04 Å². The molecule has 22 heavy (non-hydrogen) atoms.